The Labute approximate surface area is 130 Å². The van der Waals surface area contributed by atoms with E-state index in [1.807, 2.05) is 0 Å². The van der Waals surface area contributed by atoms with Gasteiger partial charge in [-0.25, -0.2) is 8.78 Å². The van der Waals surface area contributed by atoms with Gasteiger partial charge < -0.3 is 10.2 Å². The second-order valence-electron chi connectivity index (χ2n) is 4.74. The Morgan fingerprint density at radius 3 is 2.59 bits per heavy atom. The number of hydrogen-bond acceptors (Lipinski definition) is 3. The number of benzene rings is 1. The van der Waals surface area contributed by atoms with Crippen molar-refractivity contribution in [3.05, 3.63) is 52.4 Å². The highest BCUT2D eigenvalue weighted by Crippen LogP contribution is 2.23. The Hall–Kier alpha value is -2.28. The van der Waals surface area contributed by atoms with Gasteiger partial charge in [0.2, 0.25) is 5.91 Å². The summed E-state index contributed by atoms with van der Waals surface area (Å²) < 4.78 is 26.5. The van der Waals surface area contributed by atoms with Gasteiger partial charge in [-0.2, -0.15) is 0 Å². The van der Waals surface area contributed by atoms with Crippen molar-refractivity contribution < 1.29 is 18.4 Å². The first kappa shape index (κ1) is 16.1. The zero-order chi connectivity index (χ0) is 16.3. The molecule has 2 amide bonds. The molecule has 1 aromatic heterocycles. The summed E-state index contributed by atoms with van der Waals surface area (Å²) in [6, 6.07) is 6.47. The maximum absolute atomic E-state index is 13.6. The number of nitrogens with one attached hydrogen (secondary N) is 1. The number of nitrogens with zero attached hydrogens (tertiary/aromatic N) is 1. The van der Waals surface area contributed by atoms with E-state index in [-0.39, 0.29) is 23.9 Å². The summed E-state index contributed by atoms with van der Waals surface area (Å²) in [4.78, 5) is 25.0. The fourth-order valence-electron chi connectivity index (χ4n) is 1.86. The van der Waals surface area contributed by atoms with E-state index in [1.165, 1.54) is 24.9 Å². The molecule has 0 aliphatic rings. The minimum absolute atomic E-state index is 0.0261. The van der Waals surface area contributed by atoms with E-state index in [0.29, 0.717) is 9.88 Å². The van der Waals surface area contributed by atoms with Crippen LogP contribution in [0.5, 0.6) is 0 Å². The maximum Gasteiger partial charge on any atom is 0.264 e. The molecule has 0 aliphatic heterocycles. The predicted octanol–water partition coefficient (Wildman–Crippen LogP) is 3.26. The van der Waals surface area contributed by atoms with E-state index in [1.54, 1.807) is 12.1 Å². The van der Waals surface area contributed by atoms with Crippen molar-refractivity contribution >= 4 is 28.2 Å². The smallest absolute Gasteiger partial charge is 0.264 e. The maximum atomic E-state index is 13.6. The molecular weight excluding hydrogens is 310 g/mol. The summed E-state index contributed by atoms with van der Waals surface area (Å²) in [6.45, 7) is 1.41. The van der Waals surface area contributed by atoms with E-state index in [9.17, 15) is 18.4 Å². The van der Waals surface area contributed by atoms with Gasteiger partial charge in [0.1, 0.15) is 11.6 Å². The van der Waals surface area contributed by atoms with Crippen LogP contribution in [0.15, 0.2) is 30.3 Å². The van der Waals surface area contributed by atoms with E-state index in [2.05, 4.69) is 5.32 Å². The summed E-state index contributed by atoms with van der Waals surface area (Å²) in [5.74, 6) is -1.87. The summed E-state index contributed by atoms with van der Waals surface area (Å²) >= 11 is 1.14. The van der Waals surface area contributed by atoms with Crippen LogP contribution in [0, 0.1) is 11.6 Å². The molecule has 0 radical (unpaired) electrons. The van der Waals surface area contributed by atoms with Crippen molar-refractivity contribution in [3.63, 3.8) is 0 Å². The number of thiophene rings is 1. The SMILES string of the molecule is CC(=O)Nc1ccc(C(=O)N(C)Cc2ccc(F)cc2F)s1. The lowest BCUT2D eigenvalue weighted by Gasteiger charge is -2.16. The quantitative estimate of drug-likeness (QED) is 0.938. The average Bonchev–Trinajstić information content (AvgIpc) is 2.88. The molecule has 22 heavy (non-hydrogen) atoms. The first-order chi connectivity index (χ1) is 10.4. The molecule has 1 N–H and O–H groups in total. The molecule has 0 saturated carbocycles. The topological polar surface area (TPSA) is 49.4 Å². The lowest BCUT2D eigenvalue weighted by molar-refractivity contribution is -0.114. The Bertz CT molecular complexity index is 715. The van der Waals surface area contributed by atoms with Crippen LogP contribution < -0.4 is 5.32 Å². The van der Waals surface area contributed by atoms with E-state index in [4.69, 9.17) is 0 Å². The zero-order valence-electron chi connectivity index (χ0n) is 12.0. The third-order valence-corrected chi connectivity index (χ3v) is 3.87. The molecule has 0 saturated heterocycles. The molecule has 0 fully saturated rings. The van der Waals surface area contributed by atoms with Crippen LogP contribution in [0.2, 0.25) is 0 Å². The normalized spacial score (nSPS) is 10.4. The van der Waals surface area contributed by atoms with Crippen molar-refractivity contribution in [2.75, 3.05) is 12.4 Å². The Kier molecular flexibility index (Phi) is 4.87. The minimum atomic E-state index is -0.690. The second-order valence-corrected chi connectivity index (χ2v) is 5.83. The molecule has 4 nitrogen and oxygen atoms in total. The number of amides is 2. The van der Waals surface area contributed by atoms with Gasteiger partial charge in [0.25, 0.3) is 5.91 Å². The van der Waals surface area contributed by atoms with Gasteiger partial charge >= 0.3 is 0 Å². The fraction of sp³-hybridized carbons (Fsp3) is 0.200. The highest BCUT2D eigenvalue weighted by Gasteiger charge is 2.16. The van der Waals surface area contributed by atoms with Gasteiger partial charge in [-0.15, -0.1) is 11.3 Å². The average molecular weight is 324 g/mol. The molecule has 2 rings (SSSR count). The van der Waals surface area contributed by atoms with Gasteiger partial charge in [-0.05, 0) is 18.2 Å². The summed E-state index contributed by atoms with van der Waals surface area (Å²) in [7, 11) is 1.53. The molecule has 0 atom stereocenters. The lowest BCUT2D eigenvalue weighted by Crippen LogP contribution is -2.25. The van der Waals surface area contributed by atoms with E-state index < -0.39 is 11.6 Å². The molecule has 1 heterocycles. The second kappa shape index (κ2) is 6.65. The minimum Gasteiger partial charge on any atom is -0.337 e. The molecule has 7 heteroatoms. The van der Waals surface area contributed by atoms with Crippen molar-refractivity contribution in [1.29, 1.82) is 0 Å². The summed E-state index contributed by atoms with van der Waals surface area (Å²) in [5.41, 5.74) is 0.232. The standard InChI is InChI=1S/C15H14F2N2O2S/c1-9(20)18-14-6-5-13(22-14)15(21)19(2)8-10-3-4-11(16)7-12(10)17/h3-7H,8H2,1-2H3,(H,18,20). The van der Waals surface area contributed by atoms with E-state index >= 15 is 0 Å². The predicted molar refractivity (Wildman–Crippen MR) is 80.8 cm³/mol. The van der Waals surface area contributed by atoms with Crippen molar-refractivity contribution in [1.82, 2.24) is 4.90 Å². The molecule has 0 unspecified atom stereocenters. The van der Waals surface area contributed by atoms with Crippen LogP contribution >= 0.6 is 11.3 Å². The summed E-state index contributed by atoms with van der Waals surface area (Å²) in [6.07, 6.45) is 0. The Morgan fingerprint density at radius 1 is 1.23 bits per heavy atom. The van der Waals surface area contributed by atoms with Gasteiger partial charge in [0.15, 0.2) is 0 Å². The largest absolute Gasteiger partial charge is 0.337 e. The zero-order valence-corrected chi connectivity index (χ0v) is 12.8. The molecule has 0 spiro atoms. The van der Waals surface area contributed by atoms with Crippen molar-refractivity contribution in [2.45, 2.75) is 13.5 Å². The van der Waals surface area contributed by atoms with Crippen molar-refractivity contribution in [2.24, 2.45) is 0 Å². The molecule has 1 aromatic carbocycles. The van der Waals surface area contributed by atoms with Crippen LogP contribution in [0.1, 0.15) is 22.2 Å². The monoisotopic (exact) mass is 324 g/mol. The van der Waals surface area contributed by atoms with Crippen LogP contribution in [-0.2, 0) is 11.3 Å². The summed E-state index contributed by atoms with van der Waals surface area (Å²) in [5, 5.41) is 3.16. The molecular formula is C15H14F2N2O2S. The number of anilines is 1. The van der Waals surface area contributed by atoms with Crippen LogP contribution in [0.4, 0.5) is 13.8 Å². The van der Waals surface area contributed by atoms with Gasteiger partial charge in [-0.1, -0.05) is 6.07 Å². The fourth-order valence-corrected chi connectivity index (χ4v) is 2.81. The number of halogens is 2. The molecule has 0 bridgehead atoms. The van der Waals surface area contributed by atoms with Crippen LogP contribution in [0.3, 0.4) is 0 Å². The van der Waals surface area contributed by atoms with Crippen molar-refractivity contribution in [3.8, 4) is 0 Å². The molecule has 2 aromatic rings. The third kappa shape index (κ3) is 3.88. The first-order valence-electron chi connectivity index (χ1n) is 6.43. The first-order valence-corrected chi connectivity index (χ1v) is 7.25. The number of carbonyl (C=O) groups is 2. The number of rotatable bonds is 4. The molecule has 116 valence electrons. The van der Waals surface area contributed by atoms with Gasteiger partial charge in [-0.3, -0.25) is 9.59 Å². The highest BCUT2D eigenvalue weighted by atomic mass is 32.1. The number of carbonyl (C=O) groups excluding carboxylic acids is 2. The van der Waals surface area contributed by atoms with Gasteiger partial charge in [0, 0.05) is 32.1 Å². The van der Waals surface area contributed by atoms with Gasteiger partial charge in [0.05, 0.1) is 9.88 Å². The van der Waals surface area contributed by atoms with Crippen LogP contribution in [0.25, 0.3) is 0 Å². The highest BCUT2D eigenvalue weighted by molar-refractivity contribution is 7.18. The van der Waals surface area contributed by atoms with Crippen LogP contribution in [-0.4, -0.2) is 23.8 Å². The van der Waals surface area contributed by atoms with E-state index in [0.717, 1.165) is 23.5 Å². The Balaban J connectivity index is 2.08. The lowest BCUT2D eigenvalue weighted by atomic mass is 10.2. The Morgan fingerprint density at radius 2 is 1.95 bits per heavy atom. The number of hydrogen-bond donors (Lipinski definition) is 1. The third-order valence-electron chi connectivity index (χ3n) is 2.89. The molecule has 0 aliphatic carbocycles.